The number of carboxylic acid groups (broad SMARTS) is 1. The molecule has 0 saturated carbocycles. The average Bonchev–Trinajstić information content (AvgIpc) is 1.89. The van der Waals surface area contributed by atoms with Crippen molar-refractivity contribution in [3.63, 3.8) is 0 Å². The summed E-state index contributed by atoms with van der Waals surface area (Å²) < 4.78 is 0. The quantitative estimate of drug-likeness (QED) is 0.517. The van der Waals surface area contributed by atoms with Crippen molar-refractivity contribution in [1.29, 1.82) is 0 Å². The van der Waals surface area contributed by atoms with Crippen molar-refractivity contribution in [3.8, 4) is 0 Å². The van der Waals surface area contributed by atoms with Gasteiger partial charge in [0.1, 0.15) is 0 Å². The van der Waals surface area contributed by atoms with Gasteiger partial charge in [0.2, 0.25) is 0 Å². The lowest BCUT2D eigenvalue weighted by atomic mass is 10.2. The Bertz CT molecular complexity index is 98.6. The fourth-order valence-corrected chi connectivity index (χ4v) is 0. The minimum Gasteiger partial charge on any atom is -0.481 e. The molecule has 0 radical (unpaired) electrons. The molecule has 0 saturated heterocycles. The summed E-state index contributed by atoms with van der Waals surface area (Å²) in [6.07, 6.45) is -0.699. The van der Waals surface area contributed by atoms with E-state index in [1.54, 1.807) is 20.8 Å². The predicted molar refractivity (Wildman–Crippen MR) is 41.0 cm³/mol. The summed E-state index contributed by atoms with van der Waals surface area (Å²) in [5.41, 5.74) is 0. The SMILES string of the molecule is CC(C)C(=O)O.CCC(O)O. The molecule has 3 N–H and O–H groups in total. The van der Waals surface area contributed by atoms with Crippen molar-refractivity contribution in [1.82, 2.24) is 0 Å². The van der Waals surface area contributed by atoms with Crippen molar-refractivity contribution in [2.24, 2.45) is 5.92 Å². The van der Waals surface area contributed by atoms with Gasteiger partial charge in [-0.25, -0.2) is 0 Å². The Hall–Kier alpha value is -0.610. The molecule has 4 nitrogen and oxygen atoms in total. The van der Waals surface area contributed by atoms with E-state index in [1.807, 2.05) is 0 Å². The van der Waals surface area contributed by atoms with Gasteiger partial charge < -0.3 is 15.3 Å². The predicted octanol–water partition coefficient (Wildman–Crippen LogP) is 0.434. The van der Waals surface area contributed by atoms with Gasteiger partial charge in [-0.3, -0.25) is 4.79 Å². The van der Waals surface area contributed by atoms with Gasteiger partial charge in [-0.2, -0.15) is 0 Å². The van der Waals surface area contributed by atoms with Crippen LogP contribution in [0.5, 0.6) is 0 Å². The fraction of sp³-hybridized carbons (Fsp3) is 0.857. The molecule has 0 unspecified atom stereocenters. The molecule has 0 spiro atoms. The van der Waals surface area contributed by atoms with Gasteiger partial charge in [-0.15, -0.1) is 0 Å². The van der Waals surface area contributed by atoms with Crippen molar-refractivity contribution < 1.29 is 20.1 Å². The number of aliphatic hydroxyl groups excluding tert-OH is 1. The highest BCUT2D eigenvalue weighted by Crippen LogP contribution is 1.87. The highest BCUT2D eigenvalue weighted by molar-refractivity contribution is 5.68. The summed E-state index contributed by atoms with van der Waals surface area (Å²) >= 11 is 0. The lowest BCUT2D eigenvalue weighted by Crippen LogP contribution is -2.03. The molecular weight excluding hydrogens is 148 g/mol. The normalized spacial score (nSPS) is 9.36. The molecular formula is C7H16O4. The molecule has 0 aliphatic carbocycles. The number of aliphatic hydroxyl groups is 2. The van der Waals surface area contributed by atoms with Crippen LogP contribution in [0.3, 0.4) is 0 Å². The summed E-state index contributed by atoms with van der Waals surface area (Å²) in [4.78, 5) is 9.70. The Morgan fingerprint density at radius 1 is 1.36 bits per heavy atom. The second-order valence-corrected chi connectivity index (χ2v) is 2.38. The minimum atomic E-state index is -1.12. The molecule has 0 aromatic heterocycles. The third-order valence-electron chi connectivity index (χ3n) is 0.859. The summed E-state index contributed by atoms with van der Waals surface area (Å²) in [7, 11) is 0. The Morgan fingerprint density at radius 2 is 1.55 bits per heavy atom. The zero-order valence-electron chi connectivity index (χ0n) is 7.11. The van der Waals surface area contributed by atoms with E-state index < -0.39 is 12.3 Å². The van der Waals surface area contributed by atoms with E-state index in [2.05, 4.69) is 0 Å². The van der Waals surface area contributed by atoms with Crippen LogP contribution in [0.1, 0.15) is 27.2 Å². The van der Waals surface area contributed by atoms with Gasteiger partial charge >= 0.3 is 5.97 Å². The zero-order chi connectivity index (χ0) is 9.44. The van der Waals surface area contributed by atoms with Crippen LogP contribution >= 0.6 is 0 Å². The first-order valence-corrected chi connectivity index (χ1v) is 3.50. The number of hydrogen-bond donors (Lipinski definition) is 3. The van der Waals surface area contributed by atoms with Crippen molar-refractivity contribution in [2.75, 3.05) is 0 Å². The van der Waals surface area contributed by atoms with Gasteiger partial charge in [0.15, 0.2) is 6.29 Å². The summed E-state index contributed by atoms with van der Waals surface area (Å²) in [5, 5.41) is 23.8. The molecule has 11 heavy (non-hydrogen) atoms. The Labute approximate surface area is 66.5 Å². The number of carbonyl (C=O) groups is 1. The number of hydrogen-bond acceptors (Lipinski definition) is 3. The fourth-order valence-electron chi connectivity index (χ4n) is 0. The maximum atomic E-state index is 9.70. The first-order chi connectivity index (χ1) is 4.91. The Kier molecular flexibility index (Phi) is 8.87. The molecule has 0 aromatic carbocycles. The van der Waals surface area contributed by atoms with Gasteiger partial charge in [-0.1, -0.05) is 20.8 Å². The van der Waals surface area contributed by atoms with Gasteiger partial charge in [0.05, 0.1) is 5.92 Å². The monoisotopic (exact) mass is 164 g/mol. The number of carboxylic acids is 1. The van der Waals surface area contributed by atoms with E-state index >= 15 is 0 Å². The van der Waals surface area contributed by atoms with Gasteiger partial charge in [-0.05, 0) is 6.42 Å². The lowest BCUT2D eigenvalue weighted by Gasteiger charge is -1.90. The average molecular weight is 164 g/mol. The van der Waals surface area contributed by atoms with E-state index in [-0.39, 0.29) is 5.92 Å². The highest BCUT2D eigenvalue weighted by atomic mass is 16.5. The molecule has 0 aliphatic rings. The molecule has 0 aromatic rings. The smallest absolute Gasteiger partial charge is 0.305 e. The van der Waals surface area contributed by atoms with E-state index in [1.165, 1.54) is 0 Å². The maximum Gasteiger partial charge on any atom is 0.305 e. The summed E-state index contributed by atoms with van der Waals surface area (Å²) in [6.45, 7) is 4.98. The van der Waals surface area contributed by atoms with Crippen molar-refractivity contribution in [3.05, 3.63) is 0 Å². The Balaban J connectivity index is 0. The van der Waals surface area contributed by atoms with Crippen LogP contribution in [0.4, 0.5) is 0 Å². The second kappa shape index (κ2) is 7.50. The number of aliphatic carboxylic acids is 1. The van der Waals surface area contributed by atoms with E-state index in [9.17, 15) is 4.79 Å². The van der Waals surface area contributed by atoms with Crippen molar-refractivity contribution in [2.45, 2.75) is 33.5 Å². The van der Waals surface area contributed by atoms with Crippen LogP contribution in [-0.4, -0.2) is 27.6 Å². The molecule has 0 rings (SSSR count). The first-order valence-electron chi connectivity index (χ1n) is 3.50. The molecule has 0 aliphatic heterocycles. The summed E-state index contributed by atoms with van der Waals surface area (Å²) in [5.74, 6) is -0.972. The minimum absolute atomic E-state index is 0.231. The first kappa shape index (κ1) is 13.0. The van der Waals surface area contributed by atoms with Crippen LogP contribution in [0.15, 0.2) is 0 Å². The van der Waals surface area contributed by atoms with Crippen LogP contribution in [0.2, 0.25) is 0 Å². The second-order valence-electron chi connectivity index (χ2n) is 2.38. The topological polar surface area (TPSA) is 77.8 Å². The largest absolute Gasteiger partial charge is 0.481 e. The molecule has 4 heteroatoms. The van der Waals surface area contributed by atoms with Crippen LogP contribution in [0, 0.1) is 5.92 Å². The third-order valence-corrected chi connectivity index (χ3v) is 0.859. The zero-order valence-corrected chi connectivity index (χ0v) is 7.11. The van der Waals surface area contributed by atoms with Crippen LogP contribution in [0.25, 0.3) is 0 Å². The van der Waals surface area contributed by atoms with Gasteiger partial charge in [0.25, 0.3) is 0 Å². The van der Waals surface area contributed by atoms with Crippen LogP contribution < -0.4 is 0 Å². The molecule has 0 atom stereocenters. The molecule has 0 amide bonds. The van der Waals surface area contributed by atoms with Crippen molar-refractivity contribution >= 4 is 5.97 Å². The standard InChI is InChI=1S/C4H8O2.C3H8O2/c1-3(2)4(5)6;1-2-3(4)5/h3H,1-2H3,(H,5,6);3-5H,2H2,1H3. The number of rotatable bonds is 2. The molecule has 0 bridgehead atoms. The molecule has 68 valence electrons. The molecule has 0 fully saturated rings. The maximum absolute atomic E-state index is 9.70. The van der Waals surface area contributed by atoms with Crippen LogP contribution in [-0.2, 0) is 4.79 Å². The van der Waals surface area contributed by atoms with E-state index in [4.69, 9.17) is 15.3 Å². The highest BCUT2D eigenvalue weighted by Gasteiger charge is 1.99. The van der Waals surface area contributed by atoms with Gasteiger partial charge in [0, 0.05) is 0 Å². The van der Waals surface area contributed by atoms with E-state index in [0.29, 0.717) is 6.42 Å². The molecule has 0 heterocycles. The Morgan fingerprint density at radius 3 is 1.55 bits per heavy atom. The summed E-state index contributed by atoms with van der Waals surface area (Å²) in [6, 6.07) is 0. The lowest BCUT2D eigenvalue weighted by molar-refractivity contribution is -0.140. The third kappa shape index (κ3) is 17.7. The van der Waals surface area contributed by atoms with E-state index in [0.717, 1.165) is 0 Å².